The summed E-state index contributed by atoms with van der Waals surface area (Å²) in [6.07, 6.45) is 4.30. The summed E-state index contributed by atoms with van der Waals surface area (Å²) in [5, 5.41) is 12.1. The van der Waals surface area contributed by atoms with Crippen LogP contribution in [0.5, 0.6) is 5.75 Å². The zero-order valence-electron chi connectivity index (χ0n) is 11.9. The van der Waals surface area contributed by atoms with Crippen LogP contribution in [0.3, 0.4) is 0 Å². The Kier molecular flexibility index (Phi) is 4.85. The zero-order valence-corrected chi connectivity index (χ0v) is 12.8. The summed E-state index contributed by atoms with van der Waals surface area (Å²) in [6, 6.07) is 8.58. The molecule has 3 rings (SSSR count). The Morgan fingerprint density at radius 2 is 2.38 bits per heavy atom. The standard InChI is InChI=1S/C16H20N2O2S/c19-8-9-20-14-4-1-3-13(11-14)12-18-7-2-5-15(18)16-17-6-10-21-16/h1,3-4,6,10-11,15,19H,2,5,7-9,12H2/t15-/m1/s1. The van der Waals surface area contributed by atoms with Crippen LogP contribution in [0.25, 0.3) is 0 Å². The van der Waals surface area contributed by atoms with Crippen LogP contribution >= 0.6 is 11.3 Å². The molecule has 2 heterocycles. The van der Waals surface area contributed by atoms with E-state index in [2.05, 4.69) is 27.4 Å². The molecule has 0 radical (unpaired) electrons. The first-order valence-electron chi connectivity index (χ1n) is 7.33. The van der Waals surface area contributed by atoms with Crippen LogP contribution < -0.4 is 4.74 Å². The zero-order chi connectivity index (χ0) is 14.5. The van der Waals surface area contributed by atoms with Crippen LogP contribution in [0.1, 0.15) is 29.5 Å². The number of hydrogen-bond acceptors (Lipinski definition) is 5. The minimum Gasteiger partial charge on any atom is -0.491 e. The van der Waals surface area contributed by atoms with E-state index in [1.807, 2.05) is 18.3 Å². The molecule has 21 heavy (non-hydrogen) atoms. The molecular formula is C16H20N2O2S. The van der Waals surface area contributed by atoms with Crippen molar-refractivity contribution in [3.8, 4) is 5.75 Å². The number of likely N-dealkylation sites (tertiary alicyclic amines) is 1. The van der Waals surface area contributed by atoms with Gasteiger partial charge in [-0.05, 0) is 37.1 Å². The summed E-state index contributed by atoms with van der Waals surface area (Å²) in [6.45, 7) is 2.42. The van der Waals surface area contributed by atoms with Crippen molar-refractivity contribution in [2.24, 2.45) is 0 Å². The minimum atomic E-state index is 0.0441. The van der Waals surface area contributed by atoms with Gasteiger partial charge in [0.25, 0.3) is 0 Å². The number of hydrogen-bond donors (Lipinski definition) is 1. The van der Waals surface area contributed by atoms with E-state index >= 15 is 0 Å². The molecule has 5 heteroatoms. The van der Waals surface area contributed by atoms with E-state index in [1.54, 1.807) is 11.3 Å². The van der Waals surface area contributed by atoms with Gasteiger partial charge in [0.1, 0.15) is 17.4 Å². The van der Waals surface area contributed by atoms with Gasteiger partial charge < -0.3 is 9.84 Å². The Labute approximate surface area is 129 Å². The molecule has 2 aromatic rings. The molecule has 0 amide bonds. The second-order valence-corrected chi connectivity index (χ2v) is 6.14. The number of thiazole rings is 1. The Balaban J connectivity index is 1.68. The number of ether oxygens (including phenoxy) is 1. The molecule has 1 aromatic heterocycles. The summed E-state index contributed by atoms with van der Waals surface area (Å²) in [5.74, 6) is 0.826. The number of aliphatic hydroxyl groups is 1. The number of nitrogens with zero attached hydrogens (tertiary/aromatic N) is 2. The summed E-state index contributed by atoms with van der Waals surface area (Å²) < 4.78 is 5.48. The predicted molar refractivity (Wildman–Crippen MR) is 83.5 cm³/mol. The summed E-state index contributed by atoms with van der Waals surface area (Å²) in [4.78, 5) is 6.96. The molecule has 1 aromatic carbocycles. The van der Waals surface area contributed by atoms with Crippen molar-refractivity contribution in [2.45, 2.75) is 25.4 Å². The van der Waals surface area contributed by atoms with E-state index in [1.165, 1.54) is 23.4 Å². The predicted octanol–water partition coefficient (Wildman–Crippen LogP) is 2.85. The van der Waals surface area contributed by atoms with Crippen molar-refractivity contribution in [2.75, 3.05) is 19.8 Å². The molecule has 1 saturated heterocycles. The van der Waals surface area contributed by atoms with Crippen LogP contribution in [0.2, 0.25) is 0 Å². The Bertz CT molecular complexity index is 559. The van der Waals surface area contributed by atoms with E-state index in [9.17, 15) is 0 Å². The number of benzene rings is 1. The molecule has 4 nitrogen and oxygen atoms in total. The quantitative estimate of drug-likeness (QED) is 0.891. The van der Waals surface area contributed by atoms with Crippen molar-refractivity contribution < 1.29 is 9.84 Å². The van der Waals surface area contributed by atoms with Crippen molar-refractivity contribution in [1.29, 1.82) is 0 Å². The highest BCUT2D eigenvalue weighted by Gasteiger charge is 2.27. The smallest absolute Gasteiger partial charge is 0.119 e. The van der Waals surface area contributed by atoms with Crippen LogP contribution in [0.15, 0.2) is 35.8 Å². The lowest BCUT2D eigenvalue weighted by Gasteiger charge is -2.23. The SMILES string of the molecule is OCCOc1cccc(CN2CCC[C@@H]2c2nccs2)c1. The minimum absolute atomic E-state index is 0.0441. The molecule has 0 saturated carbocycles. The molecule has 1 N–H and O–H groups in total. The van der Waals surface area contributed by atoms with Gasteiger partial charge in [-0.15, -0.1) is 11.3 Å². The van der Waals surface area contributed by atoms with E-state index in [4.69, 9.17) is 9.84 Å². The second kappa shape index (κ2) is 7.02. The molecule has 0 bridgehead atoms. The number of aliphatic hydroxyl groups excluding tert-OH is 1. The van der Waals surface area contributed by atoms with Crippen molar-refractivity contribution in [3.05, 3.63) is 46.4 Å². The van der Waals surface area contributed by atoms with Crippen LogP contribution in [-0.2, 0) is 6.54 Å². The lowest BCUT2D eigenvalue weighted by atomic mass is 10.2. The van der Waals surface area contributed by atoms with E-state index < -0.39 is 0 Å². The monoisotopic (exact) mass is 304 g/mol. The first-order valence-corrected chi connectivity index (χ1v) is 8.21. The number of rotatable bonds is 6. The van der Waals surface area contributed by atoms with Gasteiger partial charge in [-0.3, -0.25) is 4.90 Å². The lowest BCUT2D eigenvalue weighted by molar-refractivity contribution is 0.201. The fourth-order valence-corrected chi connectivity index (χ4v) is 3.63. The molecule has 0 unspecified atom stereocenters. The third-order valence-electron chi connectivity index (χ3n) is 3.74. The van der Waals surface area contributed by atoms with Gasteiger partial charge in [-0.2, -0.15) is 0 Å². The Morgan fingerprint density at radius 3 is 3.19 bits per heavy atom. The van der Waals surface area contributed by atoms with Gasteiger partial charge in [-0.1, -0.05) is 12.1 Å². The van der Waals surface area contributed by atoms with Gasteiger partial charge in [0.05, 0.1) is 12.6 Å². The molecule has 1 atom stereocenters. The van der Waals surface area contributed by atoms with Crippen molar-refractivity contribution in [1.82, 2.24) is 9.88 Å². The second-order valence-electron chi connectivity index (χ2n) is 5.22. The van der Waals surface area contributed by atoms with Gasteiger partial charge in [0.2, 0.25) is 0 Å². The molecule has 112 valence electrons. The van der Waals surface area contributed by atoms with Gasteiger partial charge in [-0.25, -0.2) is 4.98 Å². The highest BCUT2D eigenvalue weighted by molar-refractivity contribution is 7.09. The maximum absolute atomic E-state index is 8.83. The molecule has 0 aliphatic carbocycles. The van der Waals surface area contributed by atoms with E-state index in [0.717, 1.165) is 18.8 Å². The largest absolute Gasteiger partial charge is 0.491 e. The van der Waals surface area contributed by atoms with Gasteiger partial charge in [0.15, 0.2) is 0 Å². The Morgan fingerprint density at radius 1 is 1.43 bits per heavy atom. The highest BCUT2D eigenvalue weighted by Crippen LogP contribution is 2.34. The van der Waals surface area contributed by atoms with Crippen molar-refractivity contribution in [3.63, 3.8) is 0 Å². The fraction of sp³-hybridized carbons (Fsp3) is 0.438. The topological polar surface area (TPSA) is 45.6 Å². The summed E-state index contributed by atoms with van der Waals surface area (Å²) in [5.41, 5.74) is 1.24. The Hall–Kier alpha value is -1.43. The lowest BCUT2D eigenvalue weighted by Crippen LogP contribution is -2.22. The molecular weight excluding hydrogens is 284 g/mol. The average molecular weight is 304 g/mol. The van der Waals surface area contributed by atoms with E-state index in [-0.39, 0.29) is 6.61 Å². The summed E-state index contributed by atoms with van der Waals surface area (Å²) >= 11 is 1.74. The first-order chi connectivity index (χ1) is 10.4. The average Bonchev–Trinajstić information content (AvgIpc) is 3.16. The third kappa shape index (κ3) is 3.61. The first kappa shape index (κ1) is 14.5. The van der Waals surface area contributed by atoms with Crippen molar-refractivity contribution >= 4 is 11.3 Å². The maximum atomic E-state index is 8.83. The molecule has 0 spiro atoms. The highest BCUT2D eigenvalue weighted by atomic mass is 32.1. The molecule has 1 fully saturated rings. The van der Waals surface area contributed by atoms with Gasteiger partial charge >= 0.3 is 0 Å². The van der Waals surface area contributed by atoms with Crippen LogP contribution in [-0.4, -0.2) is 34.7 Å². The molecule has 1 aliphatic rings. The normalized spacial score (nSPS) is 19.0. The molecule has 1 aliphatic heterocycles. The fourth-order valence-electron chi connectivity index (χ4n) is 2.83. The maximum Gasteiger partial charge on any atom is 0.119 e. The van der Waals surface area contributed by atoms with Gasteiger partial charge in [0, 0.05) is 18.1 Å². The third-order valence-corrected chi connectivity index (χ3v) is 4.62. The van der Waals surface area contributed by atoms with Crippen LogP contribution in [0.4, 0.5) is 0 Å². The summed E-state index contributed by atoms with van der Waals surface area (Å²) in [7, 11) is 0. The number of aromatic nitrogens is 1. The van der Waals surface area contributed by atoms with Crippen LogP contribution in [0, 0.1) is 0 Å². The van der Waals surface area contributed by atoms with E-state index in [0.29, 0.717) is 12.6 Å².